The minimum absolute atomic E-state index is 0.0303. The van der Waals surface area contributed by atoms with Gasteiger partial charge in [0.05, 0.1) is 32.5 Å². The Kier molecular flexibility index (Phi) is 5.68. The standard InChI is InChI=1S/C22H22O6/c1-13-5-7-17-15(11-28-22(17)14(13)2)9-21(24)27-12-19(23)18-8-6-16(25-3)10-20(18)26-4/h5-8,10-11H,9,12H2,1-4H3. The molecule has 0 fully saturated rings. The monoisotopic (exact) mass is 382 g/mol. The second-order valence-electron chi connectivity index (χ2n) is 6.47. The van der Waals surface area contributed by atoms with Gasteiger partial charge in [0.15, 0.2) is 6.61 Å². The van der Waals surface area contributed by atoms with Crippen molar-refractivity contribution < 1.29 is 28.2 Å². The van der Waals surface area contributed by atoms with Crippen molar-refractivity contribution in [3.05, 3.63) is 58.8 Å². The second-order valence-corrected chi connectivity index (χ2v) is 6.47. The lowest BCUT2D eigenvalue weighted by Gasteiger charge is -2.10. The summed E-state index contributed by atoms with van der Waals surface area (Å²) in [4.78, 5) is 24.6. The highest BCUT2D eigenvalue weighted by molar-refractivity contribution is 6.00. The Balaban J connectivity index is 1.66. The van der Waals surface area contributed by atoms with E-state index in [-0.39, 0.29) is 18.8 Å². The third-order valence-corrected chi connectivity index (χ3v) is 4.75. The van der Waals surface area contributed by atoms with Gasteiger partial charge in [0.2, 0.25) is 5.78 Å². The van der Waals surface area contributed by atoms with Gasteiger partial charge in [-0.05, 0) is 37.1 Å². The van der Waals surface area contributed by atoms with Crippen LogP contribution in [0.1, 0.15) is 27.0 Å². The molecular formula is C22H22O6. The molecule has 146 valence electrons. The molecular weight excluding hydrogens is 360 g/mol. The zero-order chi connectivity index (χ0) is 20.3. The van der Waals surface area contributed by atoms with E-state index in [9.17, 15) is 9.59 Å². The molecule has 3 rings (SSSR count). The van der Waals surface area contributed by atoms with Gasteiger partial charge in [-0.25, -0.2) is 0 Å². The molecule has 28 heavy (non-hydrogen) atoms. The van der Waals surface area contributed by atoms with Gasteiger partial charge in [-0.15, -0.1) is 0 Å². The van der Waals surface area contributed by atoms with Crippen molar-refractivity contribution in [2.45, 2.75) is 20.3 Å². The maximum absolute atomic E-state index is 12.4. The van der Waals surface area contributed by atoms with E-state index in [2.05, 4.69) is 0 Å². The van der Waals surface area contributed by atoms with E-state index in [1.165, 1.54) is 14.2 Å². The summed E-state index contributed by atoms with van der Waals surface area (Å²) in [5.74, 6) is 0.0907. The summed E-state index contributed by atoms with van der Waals surface area (Å²) < 4.78 is 21.1. The van der Waals surface area contributed by atoms with Crippen LogP contribution < -0.4 is 9.47 Å². The van der Waals surface area contributed by atoms with Crippen LogP contribution in [0.2, 0.25) is 0 Å². The van der Waals surface area contributed by atoms with E-state index in [1.54, 1.807) is 24.5 Å². The molecule has 6 heteroatoms. The molecule has 0 atom stereocenters. The first kappa shape index (κ1) is 19.5. The van der Waals surface area contributed by atoms with Gasteiger partial charge in [0.25, 0.3) is 0 Å². The number of benzene rings is 2. The zero-order valence-electron chi connectivity index (χ0n) is 16.3. The van der Waals surface area contributed by atoms with Crippen molar-refractivity contribution in [2.75, 3.05) is 20.8 Å². The van der Waals surface area contributed by atoms with Crippen LogP contribution in [-0.4, -0.2) is 32.6 Å². The van der Waals surface area contributed by atoms with Crippen molar-refractivity contribution in [3.8, 4) is 11.5 Å². The summed E-state index contributed by atoms with van der Waals surface area (Å²) in [6.07, 6.45) is 1.59. The summed E-state index contributed by atoms with van der Waals surface area (Å²) >= 11 is 0. The van der Waals surface area contributed by atoms with Gasteiger partial charge in [-0.1, -0.05) is 12.1 Å². The molecule has 0 saturated carbocycles. The van der Waals surface area contributed by atoms with Crippen LogP contribution >= 0.6 is 0 Å². The normalized spacial score (nSPS) is 10.7. The molecule has 6 nitrogen and oxygen atoms in total. The number of ketones is 1. The van der Waals surface area contributed by atoms with Gasteiger partial charge in [0, 0.05) is 17.0 Å². The third-order valence-electron chi connectivity index (χ3n) is 4.75. The fourth-order valence-electron chi connectivity index (χ4n) is 2.98. The number of methoxy groups -OCH3 is 2. The Morgan fingerprint density at radius 2 is 1.82 bits per heavy atom. The zero-order valence-corrected chi connectivity index (χ0v) is 16.3. The first-order valence-corrected chi connectivity index (χ1v) is 8.81. The predicted molar refractivity (Wildman–Crippen MR) is 104 cm³/mol. The minimum atomic E-state index is -0.498. The molecule has 0 saturated heterocycles. The van der Waals surface area contributed by atoms with Crippen LogP contribution in [0.4, 0.5) is 0 Å². The highest BCUT2D eigenvalue weighted by atomic mass is 16.5. The van der Waals surface area contributed by atoms with E-state index >= 15 is 0 Å². The van der Waals surface area contributed by atoms with Crippen LogP contribution in [0.5, 0.6) is 11.5 Å². The largest absolute Gasteiger partial charge is 0.497 e. The maximum Gasteiger partial charge on any atom is 0.310 e. The Labute approximate surface area is 163 Å². The summed E-state index contributed by atoms with van der Waals surface area (Å²) in [5.41, 5.74) is 3.99. The SMILES string of the molecule is COc1ccc(C(=O)COC(=O)Cc2coc3c(C)c(C)ccc23)c(OC)c1. The summed E-state index contributed by atoms with van der Waals surface area (Å²) in [6, 6.07) is 8.76. The number of rotatable bonds is 7. The van der Waals surface area contributed by atoms with Crippen LogP contribution in [0, 0.1) is 13.8 Å². The molecule has 3 aromatic rings. The first-order chi connectivity index (χ1) is 13.4. The van der Waals surface area contributed by atoms with Crippen LogP contribution in [0.25, 0.3) is 11.0 Å². The van der Waals surface area contributed by atoms with Gasteiger partial charge in [-0.3, -0.25) is 9.59 Å². The summed E-state index contributed by atoms with van der Waals surface area (Å²) in [6.45, 7) is 3.61. The molecule has 0 radical (unpaired) electrons. The van der Waals surface area contributed by atoms with E-state index in [0.29, 0.717) is 17.1 Å². The van der Waals surface area contributed by atoms with Crippen molar-refractivity contribution in [1.29, 1.82) is 0 Å². The average Bonchev–Trinajstić information content (AvgIpc) is 3.11. The lowest BCUT2D eigenvalue weighted by Crippen LogP contribution is -2.16. The fourth-order valence-corrected chi connectivity index (χ4v) is 2.98. The Morgan fingerprint density at radius 1 is 1.04 bits per heavy atom. The van der Waals surface area contributed by atoms with Gasteiger partial charge < -0.3 is 18.6 Å². The number of fused-ring (bicyclic) bond motifs is 1. The van der Waals surface area contributed by atoms with Crippen molar-refractivity contribution >= 4 is 22.7 Å². The first-order valence-electron chi connectivity index (χ1n) is 8.81. The molecule has 0 aliphatic heterocycles. The number of hydrogen-bond acceptors (Lipinski definition) is 6. The number of ether oxygens (including phenoxy) is 3. The number of hydrogen-bond donors (Lipinski definition) is 0. The van der Waals surface area contributed by atoms with E-state index in [1.807, 2.05) is 26.0 Å². The Morgan fingerprint density at radius 3 is 2.54 bits per heavy atom. The molecule has 0 spiro atoms. The minimum Gasteiger partial charge on any atom is -0.497 e. The predicted octanol–water partition coefficient (Wildman–Crippen LogP) is 4.04. The van der Waals surface area contributed by atoms with E-state index < -0.39 is 5.97 Å². The number of furan rings is 1. The number of carbonyl (C=O) groups is 2. The van der Waals surface area contributed by atoms with Crippen LogP contribution in [-0.2, 0) is 16.0 Å². The molecule has 0 aliphatic carbocycles. The lowest BCUT2D eigenvalue weighted by molar-refractivity contribution is -0.141. The Bertz CT molecular complexity index is 1030. The van der Waals surface area contributed by atoms with E-state index in [4.69, 9.17) is 18.6 Å². The maximum atomic E-state index is 12.4. The Hall–Kier alpha value is -3.28. The number of esters is 1. The van der Waals surface area contributed by atoms with Crippen LogP contribution in [0.3, 0.4) is 0 Å². The molecule has 1 heterocycles. The molecule has 0 unspecified atom stereocenters. The lowest BCUT2D eigenvalue weighted by atomic mass is 10.0. The molecule has 1 aromatic heterocycles. The number of Topliss-reactive ketones (excluding diaryl/α,β-unsaturated/α-hetero) is 1. The third kappa shape index (κ3) is 3.86. The topological polar surface area (TPSA) is 75.0 Å². The van der Waals surface area contributed by atoms with Crippen molar-refractivity contribution in [2.24, 2.45) is 0 Å². The highest BCUT2D eigenvalue weighted by Crippen LogP contribution is 2.27. The molecule has 0 N–H and O–H groups in total. The summed E-state index contributed by atoms with van der Waals surface area (Å²) in [7, 11) is 2.99. The second kappa shape index (κ2) is 8.17. The molecule has 0 amide bonds. The van der Waals surface area contributed by atoms with Crippen molar-refractivity contribution in [3.63, 3.8) is 0 Å². The van der Waals surface area contributed by atoms with Crippen LogP contribution in [0.15, 0.2) is 41.0 Å². The van der Waals surface area contributed by atoms with Gasteiger partial charge in [-0.2, -0.15) is 0 Å². The average molecular weight is 382 g/mol. The van der Waals surface area contributed by atoms with E-state index in [0.717, 1.165) is 27.7 Å². The smallest absolute Gasteiger partial charge is 0.310 e. The van der Waals surface area contributed by atoms with Gasteiger partial charge >= 0.3 is 5.97 Å². The molecule has 2 aromatic carbocycles. The van der Waals surface area contributed by atoms with Crippen molar-refractivity contribution in [1.82, 2.24) is 0 Å². The fraction of sp³-hybridized carbons (Fsp3) is 0.273. The number of carbonyl (C=O) groups excluding carboxylic acids is 2. The quantitative estimate of drug-likeness (QED) is 0.454. The summed E-state index contributed by atoms with van der Waals surface area (Å²) in [5, 5.41) is 0.878. The molecule has 0 bridgehead atoms. The van der Waals surface area contributed by atoms with Gasteiger partial charge in [0.1, 0.15) is 17.1 Å². The number of aryl methyl sites for hydroxylation is 2. The molecule has 0 aliphatic rings. The highest BCUT2D eigenvalue weighted by Gasteiger charge is 2.17.